The van der Waals surface area contributed by atoms with Gasteiger partial charge in [0.2, 0.25) is 5.91 Å². The smallest absolute Gasteiger partial charge is 0.223 e. The van der Waals surface area contributed by atoms with Crippen LogP contribution in [-0.2, 0) is 10.4 Å². The third kappa shape index (κ3) is 3.91. The van der Waals surface area contributed by atoms with Gasteiger partial charge in [-0.2, -0.15) is 0 Å². The van der Waals surface area contributed by atoms with Crippen molar-refractivity contribution < 1.29 is 9.90 Å². The van der Waals surface area contributed by atoms with Crippen molar-refractivity contribution >= 4 is 5.91 Å². The Labute approximate surface area is 138 Å². The van der Waals surface area contributed by atoms with Gasteiger partial charge in [-0.15, -0.1) is 0 Å². The number of hydrogen-bond acceptors (Lipinski definition) is 4. The molecule has 0 aliphatic carbocycles. The van der Waals surface area contributed by atoms with Crippen molar-refractivity contribution in [3.63, 3.8) is 0 Å². The van der Waals surface area contributed by atoms with Crippen molar-refractivity contribution in [3.8, 4) is 0 Å². The first-order valence-corrected chi connectivity index (χ1v) is 8.53. The minimum atomic E-state index is -0.884. The molecule has 0 unspecified atom stereocenters. The lowest BCUT2D eigenvalue weighted by atomic mass is 9.93. The van der Waals surface area contributed by atoms with Gasteiger partial charge in [0, 0.05) is 45.7 Å². The monoisotopic (exact) mass is 317 g/mol. The maximum atomic E-state index is 12.4. The fraction of sp³-hybridized carbons (Fsp3) is 0.611. The van der Waals surface area contributed by atoms with Crippen LogP contribution in [0.1, 0.15) is 18.4 Å². The van der Waals surface area contributed by atoms with Gasteiger partial charge in [-0.05, 0) is 19.0 Å². The Morgan fingerprint density at radius 3 is 2.52 bits per heavy atom. The molecular weight excluding hydrogens is 290 g/mol. The predicted molar refractivity (Wildman–Crippen MR) is 90.1 cm³/mol. The molecule has 1 amide bonds. The second kappa shape index (κ2) is 6.99. The highest BCUT2D eigenvalue weighted by atomic mass is 16.3. The Bertz CT molecular complexity index is 528. The van der Waals surface area contributed by atoms with Gasteiger partial charge in [0.05, 0.1) is 6.54 Å². The number of rotatable bonds is 4. The summed E-state index contributed by atoms with van der Waals surface area (Å²) in [6.45, 7) is 6.12. The number of carbonyl (C=O) groups excluding carboxylic acids is 1. The van der Waals surface area contributed by atoms with Crippen molar-refractivity contribution in [2.75, 3.05) is 52.9 Å². The SMILES string of the molecule is CN1CCN(CCC(=O)N2CC[C@](O)(c3ccccc3)C2)CC1. The van der Waals surface area contributed by atoms with Crippen LogP contribution in [0.2, 0.25) is 0 Å². The van der Waals surface area contributed by atoms with E-state index in [1.165, 1.54) is 0 Å². The lowest BCUT2D eigenvalue weighted by molar-refractivity contribution is -0.131. The van der Waals surface area contributed by atoms with Gasteiger partial charge in [-0.1, -0.05) is 30.3 Å². The van der Waals surface area contributed by atoms with Crippen molar-refractivity contribution in [2.45, 2.75) is 18.4 Å². The third-order valence-electron chi connectivity index (χ3n) is 5.15. The molecule has 2 saturated heterocycles. The summed E-state index contributed by atoms with van der Waals surface area (Å²) in [6, 6.07) is 9.70. The van der Waals surface area contributed by atoms with E-state index in [4.69, 9.17) is 0 Å². The Morgan fingerprint density at radius 1 is 1.13 bits per heavy atom. The van der Waals surface area contributed by atoms with E-state index >= 15 is 0 Å². The molecule has 0 saturated carbocycles. The van der Waals surface area contributed by atoms with Gasteiger partial charge in [0.1, 0.15) is 5.60 Å². The summed E-state index contributed by atoms with van der Waals surface area (Å²) in [4.78, 5) is 18.9. The van der Waals surface area contributed by atoms with Crippen molar-refractivity contribution in [2.24, 2.45) is 0 Å². The fourth-order valence-electron chi connectivity index (χ4n) is 3.47. The highest BCUT2D eigenvalue weighted by Gasteiger charge is 2.39. The third-order valence-corrected chi connectivity index (χ3v) is 5.15. The standard InChI is InChI=1S/C18H27N3O2/c1-19-11-13-20(14-12-19)9-7-17(22)21-10-8-18(23,15-21)16-5-3-2-4-6-16/h2-6,23H,7-15H2,1H3/t18-/m1/s1. The molecule has 1 aromatic rings. The topological polar surface area (TPSA) is 47.0 Å². The Kier molecular flexibility index (Phi) is 4.99. The number of β-amino-alcohol motifs (C(OH)–C–C–N with tert-alkyl or cyclic N) is 1. The first kappa shape index (κ1) is 16.4. The second-order valence-electron chi connectivity index (χ2n) is 6.86. The van der Waals surface area contributed by atoms with Crippen LogP contribution in [0.5, 0.6) is 0 Å². The molecule has 23 heavy (non-hydrogen) atoms. The van der Waals surface area contributed by atoms with Crippen LogP contribution in [0.3, 0.4) is 0 Å². The van der Waals surface area contributed by atoms with E-state index in [-0.39, 0.29) is 5.91 Å². The van der Waals surface area contributed by atoms with Crippen LogP contribution < -0.4 is 0 Å². The number of likely N-dealkylation sites (N-methyl/N-ethyl adjacent to an activating group) is 1. The average Bonchev–Trinajstić information content (AvgIpc) is 2.99. The molecule has 5 heteroatoms. The summed E-state index contributed by atoms with van der Waals surface area (Å²) in [7, 11) is 2.14. The Hall–Kier alpha value is -1.43. The number of amides is 1. The van der Waals surface area contributed by atoms with Crippen LogP contribution in [-0.4, -0.2) is 78.6 Å². The number of carbonyl (C=O) groups is 1. The van der Waals surface area contributed by atoms with Crippen LogP contribution in [0.4, 0.5) is 0 Å². The molecule has 2 aliphatic rings. The maximum absolute atomic E-state index is 12.4. The van der Waals surface area contributed by atoms with E-state index in [1.807, 2.05) is 35.2 Å². The number of likely N-dealkylation sites (tertiary alicyclic amines) is 1. The molecule has 0 bridgehead atoms. The molecule has 3 rings (SSSR count). The van der Waals surface area contributed by atoms with Crippen LogP contribution >= 0.6 is 0 Å². The van der Waals surface area contributed by atoms with Gasteiger partial charge in [-0.3, -0.25) is 4.79 Å². The quantitative estimate of drug-likeness (QED) is 0.890. The van der Waals surface area contributed by atoms with Crippen LogP contribution in [0.15, 0.2) is 30.3 Å². The number of nitrogens with zero attached hydrogens (tertiary/aromatic N) is 3. The molecule has 1 N–H and O–H groups in total. The molecular formula is C18H27N3O2. The minimum absolute atomic E-state index is 0.163. The zero-order valence-electron chi connectivity index (χ0n) is 13.9. The number of piperazine rings is 1. The Morgan fingerprint density at radius 2 is 1.83 bits per heavy atom. The second-order valence-corrected chi connectivity index (χ2v) is 6.86. The zero-order valence-corrected chi connectivity index (χ0v) is 13.9. The van der Waals surface area contributed by atoms with Crippen LogP contribution in [0, 0.1) is 0 Å². The lowest BCUT2D eigenvalue weighted by Crippen LogP contribution is -2.45. The first-order chi connectivity index (χ1) is 11.1. The molecule has 126 valence electrons. The molecule has 2 fully saturated rings. The molecule has 1 atom stereocenters. The summed E-state index contributed by atoms with van der Waals surface area (Å²) in [6.07, 6.45) is 1.17. The molecule has 0 spiro atoms. The Balaban J connectivity index is 1.50. The summed E-state index contributed by atoms with van der Waals surface area (Å²) < 4.78 is 0. The summed E-state index contributed by atoms with van der Waals surface area (Å²) in [5, 5.41) is 10.8. The average molecular weight is 317 g/mol. The summed E-state index contributed by atoms with van der Waals surface area (Å²) >= 11 is 0. The van der Waals surface area contributed by atoms with E-state index in [0.717, 1.165) is 38.3 Å². The summed E-state index contributed by atoms with van der Waals surface area (Å²) in [5.41, 5.74) is 0.0273. The largest absolute Gasteiger partial charge is 0.383 e. The summed E-state index contributed by atoms with van der Waals surface area (Å²) in [5.74, 6) is 0.163. The highest BCUT2D eigenvalue weighted by molar-refractivity contribution is 5.76. The molecule has 2 aliphatic heterocycles. The van der Waals surface area contributed by atoms with Crippen molar-refractivity contribution in [1.29, 1.82) is 0 Å². The molecule has 0 aromatic heterocycles. The van der Waals surface area contributed by atoms with Gasteiger partial charge >= 0.3 is 0 Å². The van der Waals surface area contributed by atoms with E-state index < -0.39 is 5.60 Å². The van der Waals surface area contributed by atoms with E-state index in [1.54, 1.807) is 0 Å². The normalized spacial score (nSPS) is 26.6. The van der Waals surface area contributed by atoms with Gasteiger partial charge in [0.25, 0.3) is 0 Å². The number of hydrogen-bond donors (Lipinski definition) is 1. The van der Waals surface area contributed by atoms with E-state index in [9.17, 15) is 9.90 Å². The van der Waals surface area contributed by atoms with Crippen molar-refractivity contribution in [1.82, 2.24) is 14.7 Å². The maximum Gasteiger partial charge on any atom is 0.223 e. The number of benzene rings is 1. The number of aliphatic hydroxyl groups is 1. The van der Waals surface area contributed by atoms with E-state index in [0.29, 0.717) is 25.9 Å². The van der Waals surface area contributed by atoms with Gasteiger partial charge < -0.3 is 19.8 Å². The lowest BCUT2D eigenvalue weighted by Gasteiger charge is -2.32. The highest BCUT2D eigenvalue weighted by Crippen LogP contribution is 2.31. The molecule has 2 heterocycles. The van der Waals surface area contributed by atoms with E-state index in [2.05, 4.69) is 16.8 Å². The zero-order chi connectivity index (χ0) is 16.3. The first-order valence-electron chi connectivity index (χ1n) is 8.53. The molecule has 5 nitrogen and oxygen atoms in total. The van der Waals surface area contributed by atoms with Gasteiger partial charge in [-0.25, -0.2) is 0 Å². The van der Waals surface area contributed by atoms with Gasteiger partial charge in [0.15, 0.2) is 0 Å². The fourth-order valence-corrected chi connectivity index (χ4v) is 3.47. The molecule has 1 aromatic carbocycles. The predicted octanol–water partition coefficient (Wildman–Crippen LogP) is 0.744. The minimum Gasteiger partial charge on any atom is -0.383 e. The molecule has 0 radical (unpaired) electrons. The van der Waals surface area contributed by atoms with Crippen LogP contribution in [0.25, 0.3) is 0 Å². The van der Waals surface area contributed by atoms with Crippen molar-refractivity contribution in [3.05, 3.63) is 35.9 Å².